The molecule has 2 aromatic carbocycles. The van der Waals surface area contributed by atoms with Crippen LogP contribution in [0.3, 0.4) is 0 Å². The van der Waals surface area contributed by atoms with E-state index in [4.69, 9.17) is 23.2 Å². The van der Waals surface area contributed by atoms with Crippen molar-refractivity contribution in [3.63, 3.8) is 0 Å². The topological polar surface area (TPSA) is 54.5 Å². The van der Waals surface area contributed by atoms with Crippen molar-refractivity contribution < 1.29 is 13.2 Å². The molecule has 0 radical (unpaired) electrons. The van der Waals surface area contributed by atoms with Gasteiger partial charge in [0.05, 0.1) is 10.6 Å². The number of rotatable bonds is 5. The van der Waals surface area contributed by atoms with Crippen molar-refractivity contribution in [2.24, 2.45) is 0 Å². The van der Waals surface area contributed by atoms with Crippen LogP contribution in [-0.4, -0.2) is 20.2 Å². The molecule has 2 aromatic rings. The van der Waals surface area contributed by atoms with Crippen LogP contribution in [0, 0.1) is 0 Å². The predicted molar refractivity (Wildman–Crippen MR) is 91.0 cm³/mol. The van der Waals surface area contributed by atoms with Crippen LogP contribution in [0.2, 0.25) is 5.02 Å². The minimum atomic E-state index is -3.95. The Kier molecular flexibility index (Phi) is 5.50. The highest BCUT2D eigenvalue weighted by Gasteiger charge is 2.27. The monoisotopic (exact) mass is 421 g/mol. The number of nitrogens with zero attached hydrogens (tertiary/aromatic N) is 1. The predicted octanol–water partition coefficient (Wildman–Crippen LogP) is 4.06. The van der Waals surface area contributed by atoms with Crippen LogP contribution in [-0.2, 0) is 14.8 Å². The van der Waals surface area contributed by atoms with Crippen LogP contribution >= 0.6 is 39.1 Å². The van der Waals surface area contributed by atoms with Crippen LogP contribution in [0.15, 0.2) is 57.9 Å². The van der Waals surface area contributed by atoms with Gasteiger partial charge < -0.3 is 0 Å². The van der Waals surface area contributed by atoms with E-state index in [1.807, 2.05) is 0 Å². The van der Waals surface area contributed by atoms with Gasteiger partial charge in [-0.1, -0.05) is 23.7 Å². The van der Waals surface area contributed by atoms with Crippen molar-refractivity contribution in [3.8, 4) is 0 Å². The van der Waals surface area contributed by atoms with Crippen molar-refractivity contribution in [3.05, 3.63) is 58.0 Å². The first kappa shape index (κ1) is 17.3. The van der Waals surface area contributed by atoms with E-state index in [1.54, 1.807) is 24.3 Å². The lowest BCUT2D eigenvalue weighted by atomic mass is 10.3. The van der Waals surface area contributed by atoms with Crippen LogP contribution in [0.1, 0.15) is 0 Å². The largest absolute Gasteiger partial charge is 0.279 e. The molecule has 22 heavy (non-hydrogen) atoms. The number of sulfonamides is 1. The van der Waals surface area contributed by atoms with Gasteiger partial charge in [-0.2, -0.15) is 0 Å². The lowest BCUT2D eigenvalue weighted by molar-refractivity contribution is -0.110. The summed E-state index contributed by atoms with van der Waals surface area (Å²) in [5.41, 5.74) is 0.325. The summed E-state index contributed by atoms with van der Waals surface area (Å²) in [5.74, 6) is 0. The Labute approximate surface area is 146 Å². The Morgan fingerprint density at radius 2 is 1.68 bits per heavy atom. The van der Waals surface area contributed by atoms with Crippen LogP contribution in [0.5, 0.6) is 0 Å². The molecule has 0 atom stereocenters. The number of para-hydroxylation sites is 1. The van der Waals surface area contributed by atoms with Crippen LogP contribution < -0.4 is 4.31 Å². The molecular weight excluding hydrogens is 413 g/mol. The quantitative estimate of drug-likeness (QED) is 0.682. The first-order chi connectivity index (χ1) is 10.3. The zero-order valence-corrected chi connectivity index (χ0v) is 15.0. The van der Waals surface area contributed by atoms with Gasteiger partial charge in [0.15, 0.2) is 0 Å². The zero-order valence-electron chi connectivity index (χ0n) is 11.0. The smallest absolute Gasteiger partial charge is 0.264 e. The Morgan fingerprint density at radius 1 is 1.09 bits per heavy atom. The minimum absolute atomic E-state index is 0.0190. The highest BCUT2D eigenvalue weighted by molar-refractivity contribution is 9.10. The third-order valence-electron chi connectivity index (χ3n) is 2.79. The number of benzene rings is 2. The lowest BCUT2D eigenvalue weighted by Gasteiger charge is -2.24. The minimum Gasteiger partial charge on any atom is -0.279 e. The second-order valence-electron chi connectivity index (χ2n) is 4.27. The fourth-order valence-corrected chi connectivity index (χ4v) is 4.17. The van der Waals surface area contributed by atoms with Gasteiger partial charge in [-0.3, -0.25) is 9.10 Å². The molecule has 0 saturated heterocycles. The molecule has 0 aliphatic carbocycles. The SMILES string of the molecule is O=C(Cl)CN(c1ccccc1Br)S(=O)(=O)c1ccc(Cl)cc1. The van der Waals surface area contributed by atoms with Gasteiger partial charge >= 0.3 is 0 Å². The summed E-state index contributed by atoms with van der Waals surface area (Å²) in [4.78, 5) is 11.3. The normalized spacial score (nSPS) is 11.2. The fourth-order valence-electron chi connectivity index (χ4n) is 1.80. The van der Waals surface area contributed by atoms with E-state index in [9.17, 15) is 13.2 Å². The standard InChI is InChI=1S/C14H10BrCl2NO3S/c15-12-3-1-2-4-13(12)18(9-14(17)19)22(20,21)11-7-5-10(16)6-8-11/h1-8H,9H2. The second-order valence-corrected chi connectivity index (χ2v) is 7.85. The van der Waals surface area contributed by atoms with Crippen molar-refractivity contribution in [2.75, 3.05) is 10.8 Å². The molecule has 0 aromatic heterocycles. The maximum absolute atomic E-state index is 12.8. The molecule has 8 heteroatoms. The number of carbonyl (C=O) groups excluding carboxylic acids is 1. The molecule has 116 valence electrons. The summed E-state index contributed by atoms with van der Waals surface area (Å²) >= 11 is 14.5. The highest BCUT2D eigenvalue weighted by Crippen LogP contribution is 2.31. The lowest BCUT2D eigenvalue weighted by Crippen LogP contribution is -2.34. The van der Waals surface area contributed by atoms with E-state index in [-0.39, 0.29) is 4.90 Å². The highest BCUT2D eigenvalue weighted by atomic mass is 79.9. The third kappa shape index (κ3) is 3.81. The first-order valence-electron chi connectivity index (χ1n) is 6.03. The van der Waals surface area contributed by atoms with E-state index in [1.165, 1.54) is 24.3 Å². The van der Waals surface area contributed by atoms with Crippen molar-refractivity contribution in [2.45, 2.75) is 4.90 Å². The van der Waals surface area contributed by atoms with Gasteiger partial charge in [0.2, 0.25) is 5.24 Å². The number of anilines is 1. The van der Waals surface area contributed by atoms with Gasteiger partial charge in [0.1, 0.15) is 6.54 Å². The molecule has 0 unspecified atom stereocenters. The molecule has 0 spiro atoms. The Bertz CT molecular complexity index is 794. The van der Waals surface area contributed by atoms with Crippen LogP contribution in [0.25, 0.3) is 0 Å². The first-order valence-corrected chi connectivity index (χ1v) is 9.02. The summed E-state index contributed by atoms with van der Waals surface area (Å²) < 4.78 is 27.1. The molecule has 0 amide bonds. The van der Waals surface area contributed by atoms with Crippen LogP contribution in [0.4, 0.5) is 5.69 Å². The maximum Gasteiger partial charge on any atom is 0.264 e. The molecule has 0 heterocycles. The maximum atomic E-state index is 12.8. The molecule has 2 rings (SSSR count). The summed E-state index contributed by atoms with van der Waals surface area (Å²) in [6, 6.07) is 12.4. The molecule has 0 aliphatic rings. The molecule has 0 N–H and O–H groups in total. The summed E-state index contributed by atoms with van der Waals surface area (Å²) in [6.45, 7) is -0.477. The van der Waals surface area contributed by atoms with Gasteiger partial charge in [-0.25, -0.2) is 8.42 Å². The average Bonchev–Trinajstić information content (AvgIpc) is 2.46. The summed E-state index contributed by atoms with van der Waals surface area (Å²) in [5, 5.41) is -0.367. The number of hydrogen-bond donors (Lipinski definition) is 0. The van der Waals surface area contributed by atoms with Crippen molar-refractivity contribution in [1.82, 2.24) is 0 Å². The average molecular weight is 423 g/mol. The Balaban J connectivity index is 2.56. The number of hydrogen-bond acceptors (Lipinski definition) is 3. The number of halogens is 3. The fraction of sp³-hybridized carbons (Fsp3) is 0.0714. The molecule has 0 bridgehead atoms. The van der Waals surface area contributed by atoms with Gasteiger partial charge in [0.25, 0.3) is 10.0 Å². The van der Waals surface area contributed by atoms with E-state index in [0.29, 0.717) is 15.2 Å². The van der Waals surface area contributed by atoms with E-state index in [2.05, 4.69) is 15.9 Å². The molecular formula is C14H10BrCl2NO3S. The Morgan fingerprint density at radius 3 is 2.23 bits per heavy atom. The number of carbonyl (C=O) groups is 1. The van der Waals surface area contributed by atoms with E-state index < -0.39 is 21.8 Å². The Hall–Kier alpha value is -1.08. The van der Waals surface area contributed by atoms with Gasteiger partial charge in [0, 0.05) is 9.50 Å². The molecule has 0 saturated carbocycles. The van der Waals surface area contributed by atoms with Crippen molar-refractivity contribution in [1.29, 1.82) is 0 Å². The van der Waals surface area contributed by atoms with E-state index >= 15 is 0 Å². The molecule has 4 nitrogen and oxygen atoms in total. The summed E-state index contributed by atoms with van der Waals surface area (Å²) in [7, 11) is -3.95. The zero-order chi connectivity index (χ0) is 16.3. The molecule has 0 aliphatic heterocycles. The van der Waals surface area contributed by atoms with Crippen molar-refractivity contribution >= 4 is 60.1 Å². The third-order valence-corrected chi connectivity index (χ3v) is 5.61. The van der Waals surface area contributed by atoms with Gasteiger partial charge in [-0.15, -0.1) is 0 Å². The summed E-state index contributed by atoms with van der Waals surface area (Å²) in [6.07, 6.45) is 0. The van der Waals surface area contributed by atoms with Gasteiger partial charge in [-0.05, 0) is 63.9 Å². The van der Waals surface area contributed by atoms with E-state index in [0.717, 1.165) is 4.31 Å². The second kappa shape index (κ2) is 7.00. The molecule has 0 fully saturated rings.